The van der Waals surface area contributed by atoms with Gasteiger partial charge in [-0.3, -0.25) is 4.79 Å². The van der Waals surface area contributed by atoms with Gasteiger partial charge in [0.25, 0.3) is 0 Å². The molecule has 0 spiro atoms. The molecule has 0 aliphatic heterocycles. The summed E-state index contributed by atoms with van der Waals surface area (Å²) in [4.78, 5) is 23.4. The molecular formula is C21H15N3O3. The quantitative estimate of drug-likeness (QED) is 0.584. The molecule has 0 radical (unpaired) electrons. The zero-order chi connectivity index (χ0) is 19.0. The highest BCUT2D eigenvalue weighted by atomic mass is 16.4. The Labute approximate surface area is 154 Å². The van der Waals surface area contributed by atoms with Crippen LogP contribution in [0.1, 0.15) is 20.7 Å². The molecule has 4 rings (SSSR count). The van der Waals surface area contributed by atoms with E-state index in [1.807, 2.05) is 42.5 Å². The van der Waals surface area contributed by atoms with Crippen molar-refractivity contribution in [2.75, 3.05) is 0 Å². The van der Waals surface area contributed by atoms with E-state index in [0.29, 0.717) is 16.8 Å². The number of carboxylic acids is 1. The van der Waals surface area contributed by atoms with Gasteiger partial charge in [0.15, 0.2) is 0 Å². The van der Waals surface area contributed by atoms with Gasteiger partial charge in [0.1, 0.15) is 11.3 Å². The number of benzene rings is 2. The maximum atomic E-state index is 11.9. The van der Waals surface area contributed by atoms with E-state index in [4.69, 9.17) is 5.73 Å². The fourth-order valence-electron chi connectivity index (χ4n) is 3.09. The molecule has 0 saturated heterocycles. The molecule has 0 bridgehead atoms. The number of aromatic nitrogens is 2. The topological polar surface area (TPSA) is 97.7 Å². The van der Waals surface area contributed by atoms with Gasteiger partial charge < -0.3 is 10.8 Å². The summed E-state index contributed by atoms with van der Waals surface area (Å²) in [6.07, 6.45) is 1.71. The Balaban J connectivity index is 1.92. The Morgan fingerprint density at radius 3 is 2.30 bits per heavy atom. The first-order chi connectivity index (χ1) is 13.0. The van der Waals surface area contributed by atoms with E-state index >= 15 is 0 Å². The molecule has 3 N–H and O–H groups in total. The molecule has 1 amide bonds. The summed E-state index contributed by atoms with van der Waals surface area (Å²) in [7, 11) is 0. The number of amides is 1. The van der Waals surface area contributed by atoms with Crippen molar-refractivity contribution in [3.63, 3.8) is 0 Å². The van der Waals surface area contributed by atoms with Gasteiger partial charge >= 0.3 is 5.97 Å². The molecule has 0 aliphatic carbocycles. The van der Waals surface area contributed by atoms with Crippen LogP contribution in [0.3, 0.4) is 0 Å². The molecule has 6 heteroatoms. The molecule has 0 saturated carbocycles. The summed E-state index contributed by atoms with van der Waals surface area (Å²) in [6.45, 7) is 0. The van der Waals surface area contributed by atoms with Gasteiger partial charge in [-0.1, -0.05) is 42.5 Å². The number of aromatic carboxylic acids is 1. The second kappa shape index (κ2) is 6.42. The van der Waals surface area contributed by atoms with Crippen molar-refractivity contribution in [2.24, 2.45) is 5.73 Å². The van der Waals surface area contributed by atoms with Crippen LogP contribution in [-0.4, -0.2) is 26.6 Å². The summed E-state index contributed by atoms with van der Waals surface area (Å²) in [5.74, 6) is -1.56. The summed E-state index contributed by atoms with van der Waals surface area (Å²) in [6, 6.07) is 19.7. The van der Waals surface area contributed by atoms with Gasteiger partial charge in [-0.05, 0) is 35.4 Å². The number of pyridine rings is 1. The Bertz CT molecular complexity index is 1180. The van der Waals surface area contributed by atoms with Crippen molar-refractivity contribution >= 4 is 17.4 Å². The number of fused-ring (bicyclic) bond motifs is 1. The largest absolute Gasteiger partial charge is 0.478 e. The first-order valence-corrected chi connectivity index (χ1v) is 8.26. The molecule has 0 aliphatic rings. The maximum absolute atomic E-state index is 11.9. The second-order valence-corrected chi connectivity index (χ2v) is 6.09. The van der Waals surface area contributed by atoms with Gasteiger partial charge in [0.2, 0.25) is 5.91 Å². The molecule has 0 unspecified atom stereocenters. The average molecular weight is 357 g/mol. The normalized spacial score (nSPS) is 10.8. The summed E-state index contributed by atoms with van der Waals surface area (Å²) < 4.78 is 1.55. The number of rotatable bonds is 4. The van der Waals surface area contributed by atoms with E-state index in [0.717, 1.165) is 16.7 Å². The number of nitrogens with two attached hydrogens (primary N) is 1. The first kappa shape index (κ1) is 16.5. The lowest BCUT2D eigenvalue weighted by molar-refractivity contribution is 0.0699. The highest BCUT2D eigenvalue weighted by molar-refractivity contribution is 6.03. The monoisotopic (exact) mass is 357 g/mol. The number of hydrogen-bond acceptors (Lipinski definition) is 3. The lowest BCUT2D eigenvalue weighted by atomic mass is 10.0. The van der Waals surface area contributed by atoms with Gasteiger partial charge in [-0.15, -0.1) is 0 Å². The van der Waals surface area contributed by atoms with E-state index in [9.17, 15) is 14.7 Å². The molecule has 0 atom stereocenters. The van der Waals surface area contributed by atoms with Gasteiger partial charge in [0.05, 0.1) is 5.52 Å². The minimum Gasteiger partial charge on any atom is -0.478 e. The SMILES string of the molecule is NC(=O)c1cccc(-c2ccn3nc(-c4ccccc4)c(C(=O)O)c3c2)c1. The smallest absolute Gasteiger partial charge is 0.340 e. The number of carboxylic acid groups (broad SMARTS) is 1. The highest BCUT2D eigenvalue weighted by Gasteiger charge is 2.20. The van der Waals surface area contributed by atoms with Crippen LogP contribution in [0.25, 0.3) is 27.9 Å². The fraction of sp³-hybridized carbons (Fsp3) is 0. The third-order valence-corrected chi connectivity index (χ3v) is 4.38. The minimum atomic E-state index is -1.05. The summed E-state index contributed by atoms with van der Waals surface area (Å²) in [5.41, 5.74) is 9.04. The molecule has 2 heterocycles. The fourth-order valence-corrected chi connectivity index (χ4v) is 3.09. The lowest BCUT2D eigenvalue weighted by Gasteiger charge is -2.05. The van der Waals surface area contributed by atoms with Gasteiger partial charge in [-0.25, -0.2) is 9.31 Å². The van der Waals surface area contributed by atoms with Crippen LogP contribution in [-0.2, 0) is 0 Å². The van der Waals surface area contributed by atoms with Crippen LogP contribution >= 0.6 is 0 Å². The molecule has 27 heavy (non-hydrogen) atoms. The number of hydrogen-bond donors (Lipinski definition) is 2. The molecule has 6 nitrogen and oxygen atoms in total. The first-order valence-electron chi connectivity index (χ1n) is 8.26. The van der Waals surface area contributed by atoms with Crippen LogP contribution in [0.2, 0.25) is 0 Å². The van der Waals surface area contributed by atoms with Crippen LogP contribution < -0.4 is 5.73 Å². The summed E-state index contributed by atoms with van der Waals surface area (Å²) >= 11 is 0. The van der Waals surface area contributed by atoms with E-state index < -0.39 is 11.9 Å². The zero-order valence-corrected chi connectivity index (χ0v) is 14.2. The number of carbonyl (C=O) groups is 2. The Morgan fingerprint density at radius 1 is 0.889 bits per heavy atom. The number of carbonyl (C=O) groups excluding carboxylic acids is 1. The second-order valence-electron chi connectivity index (χ2n) is 6.09. The third kappa shape index (κ3) is 2.93. The van der Waals surface area contributed by atoms with E-state index in [-0.39, 0.29) is 5.56 Å². The minimum absolute atomic E-state index is 0.133. The number of primary amides is 1. The van der Waals surface area contributed by atoms with Crippen LogP contribution in [0.5, 0.6) is 0 Å². The van der Waals surface area contributed by atoms with E-state index in [2.05, 4.69) is 5.10 Å². The van der Waals surface area contributed by atoms with Crippen molar-refractivity contribution < 1.29 is 14.7 Å². The predicted octanol–water partition coefficient (Wildman–Crippen LogP) is 3.47. The maximum Gasteiger partial charge on any atom is 0.340 e. The van der Waals surface area contributed by atoms with Crippen LogP contribution in [0, 0.1) is 0 Å². The third-order valence-electron chi connectivity index (χ3n) is 4.38. The highest BCUT2D eigenvalue weighted by Crippen LogP contribution is 2.29. The lowest BCUT2D eigenvalue weighted by Crippen LogP contribution is -2.10. The predicted molar refractivity (Wildman–Crippen MR) is 102 cm³/mol. The van der Waals surface area contributed by atoms with Crippen molar-refractivity contribution in [2.45, 2.75) is 0 Å². The molecule has 0 fully saturated rings. The van der Waals surface area contributed by atoms with Crippen molar-refractivity contribution in [3.05, 3.63) is 84.1 Å². The number of nitrogens with zero attached hydrogens (tertiary/aromatic N) is 2. The Kier molecular flexibility index (Phi) is 3.93. The Hall–Kier alpha value is -3.93. The van der Waals surface area contributed by atoms with Crippen LogP contribution in [0.4, 0.5) is 0 Å². The Morgan fingerprint density at radius 2 is 1.59 bits per heavy atom. The molecule has 2 aromatic heterocycles. The molecule has 132 valence electrons. The van der Waals surface area contributed by atoms with Crippen molar-refractivity contribution in [1.29, 1.82) is 0 Å². The average Bonchev–Trinajstić information content (AvgIpc) is 3.07. The molecular weight excluding hydrogens is 342 g/mol. The van der Waals surface area contributed by atoms with E-state index in [1.54, 1.807) is 35.0 Å². The van der Waals surface area contributed by atoms with E-state index in [1.165, 1.54) is 0 Å². The van der Waals surface area contributed by atoms with Crippen molar-refractivity contribution in [1.82, 2.24) is 9.61 Å². The summed E-state index contributed by atoms with van der Waals surface area (Å²) in [5, 5.41) is 14.2. The zero-order valence-electron chi connectivity index (χ0n) is 14.2. The van der Waals surface area contributed by atoms with Gasteiger partial charge in [-0.2, -0.15) is 5.10 Å². The van der Waals surface area contributed by atoms with Crippen LogP contribution in [0.15, 0.2) is 72.9 Å². The molecule has 2 aromatic carbocycles. The van der Waals surface area contributed by atoms with Gasteiger partial charge in [0, 0.05) is 17.3 Å². The van der Waals surface area contributed by atoms with Crippen molar-refractivity contribution in [3.8, 4) is 22.4 Å². The standard InChI is InChI=1S/C21H15N3O3/c22-20(25)16-8-4-7-14(11-16)15-9-10-24-17(12-15)18(21(26)27)19(23-24)13-5-2-1-3-6-13/h1-12H,(H2,22,25)(H,26,27). The molecule has 4 aromatic rings.